The van der Waals surface area contributed by atoms with Gasteiger partial charge in [0.25, 0.3) is 5.91 Å². The van der Waals surface area contributed by atoms with Crippen LogP contribution in [0.15, 0.2) is 24.3 Å². The van der Waals surface area contributed by atoms with E-state index >= 15 is 0 Å². The van der Waals surface area contributed by atoms with E-state index in [1.165, 1.54) is 0 Å². The van der Waals surface area contributed by atoms with Crippen LogP contribution in [-0.4, -0.2) is 50.6 Å². The molecule has 0 fully saturated rings. The van der Waals surface area contributed by atoms with Crippen LogP contribution in [0.3, 0.4) is 0 Å². The monoisotopic (exact) mass is 336 g/mol. The van der Waals surface area contributed by atoms with E-state index in [-0.39, 0.29) is 12.5 Å². The molecule has 7 heteroatoms. The predicted molar refractivity (Wildman–Crippen MR) is 89.0 cm³/mol. The molecule has 2 aromatic rings. The fraction of sp³-hybridized carbons (Fsp3) is 0.438. The Morgan fingerprint density at radius 1 is 1.39 bits per heavy atom. The van der Waals surface area contributed by atoms with Gasteiger partial charge >= 0.3 is 0 Å². The van der Waals surface area contributed by atoms with Crippen LogP contribution in [-0.2, 0) is 0 Å². The van der Waals surface area contributed by atoms with Gasteiger partial charge in [0.1, 0.15) is 0 Å². The van der Waals surface area contributed by atoms with Crippen LogP contribution in [0.2, 0.25) is 5.02 Å². The van der Waals surface area contributed by atoms with Gasteiger partial charge in [-0.3, -0.25) is 4.79 Å². The smallest absolute Gasteiger partial charge is 0.276 e. The molecule has 0 bridgehead atoms. The Bertz CT molecular complexity index is 672. The summed E-state index contributed by atoms with van der Waals surface area (Å²) in [6.07, 6.45) is 1.86. The Balaban J connectivity index is 2.28. The molecule has 0 unspecified atom stereocenters. The van der Waals surface area contributed by atoms with Gasteiger partial charge in [-0.25, -0.2) is 4.68 Å². The first-order chi connectivity index (χ1) is 11.1. The summed E-state index contributed by atoms with van der Waals surface area (Å²) in [6.45, 7) is 4.67. The molecule has 23 heavy (non-hydrogen) atoms. The summed E-state index contributed by atoms with van der Waals surface area (Å²) in [6, 6.07) is 7.21. The number of carbonyl (C=O) groups excluding carboxylic acids is 1. The second-order valence-electron chi connectivity index (χ2n) is 5.28. The Morgan fingerprint density at radius 3 is 2.83 bits per heavy atom. The van der Waals surface area contributed by atoms with Gasteiger partial charge in [0.05, 0.1) is 18.0 Å². The molecule has 0 saturated heterocycles. The first kappa shape index (κ1) is 17.4. The molecule has 1 aromatic carbocycles. The van der Waals surface area contributed by atoms with Crippen LogP contribution in [0.1, 0.15) is 35.9 Å². The molecule has 0 aliphatic rings. The summed E-state index contributed by atoms with van der Waals surface area (Å²) in [7, 11) is 0. The molecule has 2 rings (SSSR count). The maximum atomic E-state index is 12.6. The summed E-state index contributed by atoms with van der Waals surface area (Å²) in [5.74, 6) is -0.210. The minimum atomic E-state index is -0.210. The number of amides is 1. The molecular formula is C16H21ClN4O2. The first-order valence-electron chi connectivity index (χ1n) is 7.66. The van der Waals surface area contributed by atoms with Gasteiger partial charge in [-0.15, -0.1) is 5.10 Å². The van der Waals surface area contributed by atoms with Crippen molar-refractivity contribution in [3.05, 3.63) is 40.7 Å². The van der Waals surface area contributed by atoms with Gasteiger partial charge in [0.15, 0.2) is 5.69 Å². The van der Waals surface area contributed by atoms with Crippen LogP contribution in [0.4, 0.5) is 0 Å². The molecule has 0 aliphatic carbocycles. The zero-order chi connectivity index (χ0) is 16.8. The zero-order valence-corrected chi connectivity index (χ0v) is 14.1. The molecule has 1 aromatic heterocycles. The van der Waals surface area contributed by atoms with Crippen molar-refractivity contribution in [2.45, 2.75) is 26.7 Å². The fourth-order valence-electron chi connectivity index (χ4n) is 2.31. The number of nitrogens with zero attached hydrogens (tertiary/aromatic N) is 4. The fourth-order valence-corrected chi connectivity index (χ4v) is 2.50. The zero-order valence-electron chi connectivity index (χ0n) is 13.4. The first-order valence-corrected chi connectivity index (χ1v) is 8.04. The summed E-state index contributed by atoms with van der Waals surface area (Å²) in [5.41, 5.74) is 1.70. The third kappa shape index (κ3) is 4.09. The third-order valence-electron chi connectivity index (χ3n) is 3.59. The number of unbranched alkanes of at least 4 members (excludes halogenated alkanes) is 1. The molecule has 6 nitrogen and oxygen atoms in total. The van der Waals surface area contributed by atoms with E-state index in [2.05, 4.69) is 17.2 Å². The highest BCUT2D eigenvalue weighted by Crippen LogP contribution is 2.17. The second kappa shape index (κ2) is 8.08. The van der Waals surface area contributed by atoms with E-state index in [1.54, 1.807) is 28.6 Å². The van der Waals surface area contributed by atoms with Crippen molar-refractivity contribution in [2.75, 3.05) is 19.7 Å². The highest BCUT2D eigenvalue weighted by Gasteiger charge is 2.22. The Kier molecular flexibility index (Phi) is 6.12. The van der Waals surface area contributed by atoms with Gasteiger partial charge < -0.3 is 10.0 Å². The molecule has 0 atom stereocenters. The van der Waals surface area contributed by atoms with Crippen LogP contribution >= 0.6 is 11.6 Å². The van der Waals surface area contributed by atoms with Gasteiger partial charge in [0, 0.05) is 18.1 Å². The molecule has 1 amide bonds. The number of halogens is 1. The lowest BCUT2D eigenvalue weighted by molar-refractivity contribution is 0.0712. The second-order valence-corrected chi connectivity index (χ2v) is 5.72. The Morgan fingerprint density at radius 2 is 2.17 bits per heavy atom. The third-order valence-corrected chi connectivity index (χ3v) is 3.82. The summed E-state index contributed by atoms with van der Waals surface area (Å²) >= 11 is 6.00. The van der Waals surface area contributed by atoms with E-state index in [0.29, 0.717) is 29.5 Å². The minimum absolute atomic E-state index is 0.0725. The number of aromatic nitrogens is 3. The highest BCUT2D eigenvalue weighted by atomic mass is 35.5. The van der Waals surface area contributed by atoms with E-state index in [4.69, 9.17) is 16.7 Å². The van der Waals surface area contributed by atoms with Crippen molar-refractivity contribution in [1.29, 1.82) is 0 Å². The van der Waals surface area contributed by atoms with Gasteiger partial charge in [0.2, 0.25) is 0 Å². The van der Waals surface area contributed by atoms with Crippen molar-refractivity contribution in [3.63, 3.8) is 0 Å². The van der Waals surface area contributed by atoms with E-state index in [9.17, 15) is 4.79 Å². The van der Waals surface area contributed by atoms with Crippen LogP contribution in [0.25, 0.3) is 5.69 Å². The Hall–Kier alpha value is -1.92. The predicted octanol–water partition coefficient (Wildman–Crippen LogP) is 2.46. The van der Waals surface area contributed by atoms with Crippen LogP contribution < -0.4 is 0 Å². The Labute approximate surface area is 140 Å². The van der Waals surface area contributed by atoms with Gasteiger partial charge in [-0.05, 0) is 31.5 Å². The van der Waals surface area contributed by atoms with Crippen molar-refractivity contribution in [1.82, 2.24) is 19.9 Å². The molecule has 0 spiro atoms. The summed E-state index contributed by atoms with van der Waals surface area (Å²) in [5, 5.41) is 17.9. The van der Waals surface area contributed by atoms with Gasteiger partial charge in [-0.2, -0.15) is 0 Å². The lowest BCUT2D eigenvalue weighted by Crippen LogP contribution is -2.35. The number of hydrogen-bond acceptors (Lipinski definition) is 4. The van der Waals surface area contributed by atoms with Crippen molar-refractivity contribution >= 4 is 17.5 Å². The molecule has 0 radical (unpaired) electrons. The standard InChI is InChI=1S/C16H21ClN4O2/c1-3-4-8-20(9-10-22)16(23)15-12(2)21(19-18-15)14-7-5-6-13(17)11-14/h5-7,11,22H,3-4,8-10H2,1-2H3. The van der Waals surface area contributed by atoms with E-state index in [1.807, 2.05) is 12.1 Å². The average molecular weight is 337 g/mol. The number of rotatable bonds is 7. The van der Waals surface area contributed by atoms with E-state index < -0.39 is 0 Å². The maximum Gasteiger partial charge on any atom is 0.276 e. The normalized spacial score (nSPS) is 10.8. The highest BCUT2D eigenvalue weighted by molar-refractivity contribution is 6.30. The quantitative estimate of drug-likeness (QED) is 0.843. The number of aliphatic hydroxyl groups excluding tert-OH is 1. The number of benzene rings is 1. The average Bonchev–Trinajstić information content (AvgIpc) is 2.92. The topological polar surface area (TPSA) is 71.2 Å². The maximum absolute atomic E-state index is 12.6. The number of aliphatic hydroxyl groups is 1. The molecule has 124 valence electrons. The lowest BCUT2D eigenvalue weighted by Gasteiger charge is -2.20. The number of hydrogen-bond donors (Lipinski definition) is 1. The van der Waals surface area contributed by atoms with Crippen LogP contribution in [0.5, 0.6) is 0 Å². The molecular weight excluding hydrogens is 316 g/mol. The molecule has 0 saturated carbocycles. The molecule has 1 N–H and O–H groups in total. The van der Waals surface area contributed by atoms with Crippen LogP contribution in [0, 0.1) is 6.92 Å². The summed E-state index contributed by atoms with van der Waals surface area (Å²) in [4.78, 5) is 14.3. The largest absolute Gasteiger partial charge is 0.395 e. The molecule has 0 aliphatic heterocycles. The SMILES string of the molecule is CCCCN(CCO)C(=O)c1nnn(-c2cccc(Cl)c2)c1C. The minimum Gasteiger partial charge on any atom is -0.395 e. The van der Waals surface area contributed by atoms with Crippen molar-refractivity contribution in [3.8, 4) is 5.69 Å². The summed E-state index contributed by atoms with van der Waals surface area (Å²) < 4.78 is 1.59. The number of carbonyl (C=O) groups is 1. The van der Waals surface area contributed by atoms with Crippen molar-refractivity contribution < 1.29 is 9.90 Å². The van der Waals surface area contributed by atoms with Gasteiger partial charge in [-0.1, -0.05) is 36.2 Å². The lowest BCUT2D eigenvalue weighted by atomic mass is 10.2. The van der Waals surface area contributed by atoms with E-state index in [0.717, 1.165) is 18.5 Å². The van der Waals surface area contributed by atoms with Crippen molar-refractivity contribution in [2.24, 2.45) is 0 Å². The molecule has 1 heterocycles.